The summed E-state index contributed by atoms with van der Waals surface area (Å²) in [4.78, 5) is 0. The van der Waals surface area contributed by atoms with Gasteiger partial charge in [0.25, 0.3) is 0 Å². The fourth-order valence-corrected chi connectivity index (χ4v) is 4.95. The van der Waals surface area contributed by atoms with Crippen LogP contribution in [0.5, 0.6) is 23.0 Å². The van der Waals surface area contributed by atoms with E-state index >= 15 is 0 Å². The molecule has 0 bridgehead atoms. The van der Waals surface area contributed by atoms with Gasteiger partial charge in [-0.1, -0.05) is 54.6 Å². The van der Waals surface area contributed by atoms with E-state index in [9.17, 15) is 5.11 Å². The van der Waals surface area contributed by atoms with Gasteiger partial charge in [-0.15, -0.1) is 0 Å². The van der Waals surface area contributed by atoms with Crippen molar-refractivity contribution in [3.8, 4) is 23.0 Å². The maximum Gasteiger partial charge on any atom is 0.147 e. The molecule has 0 aliphatic heterocycles. The van der Waals surface area contributed by atoms with Gasteiger partial charge in [0.2, 0.25) is 0 Å². The van der Waals surface area contributed by atoms with E-state index in [1.807, 2.05) is 91.0 Å². The molecule has 0 atom stereocenters. The van der Waals surface area contributed by atoms with Gasteiger partial charge < -0.3 is 24.1 Å². The molecule has 5 rings (SSSR count). The van der Waals surface area contributed by atoms with Gasteiger partial charge in [-0.3, -0.25) is 0 Å². The van der Waals surface area contributed by atoms with E-state index in [0.29, 0.717) is 39.7 Å². The van der Waals surface area contributed by atoms with E-state index in [1.54, 1.807) is 28.4 Å². The highest BCUT2D eigenvalue weighted by Gasteiger charge is 2.40. The van der Waals surface area contributed by atoms with Crippen molar-refractivity contribution >= 4 is 21.5 Å². The maximum atomic E-state index is 12.9. The number of benzene rings is 5. The largest absolute Gasteiger partial charge is 0.496 e. The topological polar surface area (TPSA) is 57.2 Å². The predicted octanol–water partition coefficient (Wildman–Crippen LogP) is 6.31. The Hall–Kier alpha value is -4.22. The molecule has 5 aromatic carbocycles. The highest BCUT2D eigenvalue weighted by Crippen LogP contribution is 2.48. The molecule has 0 aromatic heterocycles. The van der Waals surface area contributed by atoms with Crippen LogP contribution in [0.2, 0.25) is 0 Å². The summed E-state index contributed by atoms with van der Waals surface area (Å²) in [6.45, 7) is 0. The van der Waals surface area contributed by atoms with Crippen LogP contribution in [-0.2, 0) is 5.60 Å². The predicted molar refractivity (Wildman–Crippen MR) is 143 cm³/mol. The third kappa shape index (κ3) is 3.69. The smallest absolute Gasteiger partial charge is 0.147 e. The van der Waals surface area contributed by atoms with Crippen molar-refractivity contribution in [1.29, 1.82) is 0 Å². The normalized spacial score (nSPS) is 11.5. The summed E-state index contributed by atoms with van der Waals surface area (Å²) in [5.41, 5.74) is 0.189. The molecule has 0 fully saturated rings. The van der Waals surface area contributed by atoms with Crippen molar-refractivity contribution in [3.05, 3.63) is 108 Å². The molecule has 0 aliphatic carbocycles. The molecular formula is C31H28O5. The third-order valence-electron chi connectivity index (χ3n) is 6.73. The lowest BCUT2D eigenvalue weighted by Gasteiger charge is -2.33. The van der Waals surface area contributed by atoms with Crippen molar-refractivity contribution in [3.63, 3.8) is 0 Å². The van der Waals surface area contributed by atoms with Gasteiger partial charge in [0.05, 0.1) is 28.4 Å². The SMILES string of the molecule is COc1cc2cccc(OC)c2cc1C(O)(c1ccccc1)c1cc2c(OC)cccc2cc1OC. The van der Waals surface area contributed by atoms with Crippen LogP contribution in [0.15, 0.2) is 91.0 Å². The Morgan fingerprint density at radius 3 is 1.36 bits per heavy atom. The Bertz CT molecular complexity index is 1450. The van der Waals surface area contributed by atoms with Crippen LogP contribution >= 0.6 is 0 Å². The van der Waals surface area contributed by atoms with Crippen molar-refractivity contribution in [2.75, 3.05) is 28.4 Å². The molecule has 0 heterocycles. The van der Waals surface area contributed by atoms with Gasteiger partial charge >= 0.3 is 0 Å². The van der Waals surface area contributed by atoms with Gasteiger partial charge in [0.15, 0.2) is 0 Å². The first-order chi connectivity index (χ1) is 17.5. The average Bonchev–Trinajstić information content (AvgIpc) is 2.94. The van der Waals surface area contributed by atoms with Gasteiger partial charge in [0.1, 0.15) is 28.6 Å². The van der Waals surface area contributed by atoms with E-state index in [-0.39, 0.29) is 0 Å². The van der Waals surface area contributed by atoms with E-state index in [1.165, 1.54) is 0 Å². The van der Waals surface area contributed by atoms with Gasteiger partial charge in [-0.05, 0) is 52.7 Å². The first kappa shape index (κ1) is 23.5. The number of methoxy groups -OCH3 is 4. The van der Waals surface area contributed by atoms with E-state index in [0.717, 1.165) is 21.5 Å². The lowest BCUT2D eigenvalue weighted by Crippen LogP contribution is -2.30. The van der Waals surface area contributed by atoms with Crippen LogP contribution in [-0.4, -0.2) is 33.5 Å². The number of fused-ring (bicyclic) bond motifs is 2. The highest BCUT2D eigenvalue weighted by molar-refractivity contribution is 5.93. The zero-order chi connectivity index (χ0) is 25.3. The Labute approximate surface area is 210 Å². The first-order valence-electron chi connectivity index (χ1n) is 11.6. The summed E-state index contributed by atoms with van der Waals surface area (Å²) in [6.07, 6.45) is 0. The molecule has 5 aromatic rings. The Morgan fingerprint density at radius 2 is 0.944 bits per heavy atom. The molecule has 182 valence electrons. The number of rotatable bonds is 7. The average molecular weight is 481 g/mol. The Balaban J connectivity index is 1.92. The van der Waals surface area contributed by atoms with Crippen molar-refractivity contribution in [2.45, 2.75) is 5.60 Å². The minimum Gasteiger partial charge on any atom is -0.496 e. The highest BCUT2D eigenvalue weighted by atomic mass is 16.5. The van der Waals surface area contributed by atoms with Crippen LogP contribution in [0, 0.1) is 0 Å². The molecule has 0 amide bonds. The summed E-state index contributed by atoms with van der Waals surface area (Å²) in [6, 6.07) is 28.9. The second-order valence-electron chi connectivity index (χ2n) is 8.54. The lowest BCUT2D eigenvalue weighted by molar-refractivity contribution is 0.119. The van der Waals surface area contributed by atoms with Crippen LogP contribution < -0.4 is 18.9 Å². The molecule has 1 N–H and O–H groups in total. The van der Waals surface area contributed by atoms with Crippen LogP contribution in [0.25, 0.3) is 21.5 Å². The van der Waals surface area contributed by atoms with Gasteiger partial charge in [-0.2, -0.15) is 0 Å². The third-order valence-corrected chi connectivity index (χ3v) is 6.73. The molecule has 0 saturated carbocycles. The fraction of sp³-hybridized carbons (Fsp3) is 0.161. The Morgan fingerprint density at radius 1 is 0.500 bits per heavy atom. The standard InChI is InChI=1S/C31H28O5/c1-33-27-14-8-10-20-16-29(35-3)25(18-23(20)27)31(32,22-12-6-5-7-13-22)26-19-24-21(17-30(26)36-4)11-9-15-28(24)34-2/h5-19,32H,1-4H3. The number of hydrogen-bond donors (Lipinski definition) is 1. The van der Waals surface area contributed by atoms with Gasteiger partial charge in [-0.25, -0.2) is 0 Å². The summed E-state index contributed by atoms with van der Waals surface area (Å²) in [5.74, 6) is 2.51. The number of aliphatic hydroxyl groups is 1. The quantitative estimate of drug-likeness (QED) is 0.277. The summed E-state index contributed by atoms with van der Waals surface area (Å²) in [5, 5.41) is 16.5. The zero-order valence-electron chi connectivity index (χ0n) is 20.7. The molecule has 0 saturated heterocycles. The molecule has 0 spiro atoms. The molecule has 5 heteroatoms. The van der Waals surface area contributed by atoms with E-state index in [2.05, 4.69) is 0 Å². The summed E-state index contributed by atoms with van der Waals surface area (Å²) in [7, 11) is 6.50. The van der Waals surface area contributed by atoms with Crippen LogP contribution in [0.1, 0.15) is 16.7 Å². The van der Waals surface area contributed by atoms with Crippen LogP contribution in [0.3, 0.4) is 0 Å². The minimum atomic E-state index is -1.62. The van der Waals surface area contributed by atoms with E-state index < -0.39 is 5.60 Å². The molecule has 5 nitrogen and oxygen atoms in total. The lowest BCUT2D eigenvalue weighted by atomic mass is 9.78. The molecule has 0 unspecified atom stereocenters. The van der Waals surface area contributed by atoms with Crippen molar-refractivity contribution < 1.29 is 24.1 Å². The zero-order valence-corrected chi connectivity index (χ0v) is 20.7. The minimum absolute atomic E-state index is 0.546. The van der Waals surface area contributed by atoms with Crippen LogP contribution in [0.4, 0.5) is 0 Å². The summed E-state index contributed by atoms with van der Waals surface area (Å²) >= 11 is 0. The van der Waals surface area contributed by atoms with E-state index in [4.69, 9.17) is 18.9 Å². The van der Waals surface area contributed by atoms with Crippen molar-refractivity contribution in [1.82, 2.24) is 0 Å². The molecule has 0 radical (unpaired) electrons. The van der Waals surface area contributed by atoms with Gasteiger partial charge in [0, 0.05) is 21.9 Å². The van der Waals surface area contributed by atoms with Crippen molar-refractivity contribution in [2.24, 2.45) is 0 Å². The Kier molecular flexibility index (Phi) is 6.17. The maximum absolute atomic E-state index is 12.9. The summed E-state index contributed by atoms with van der Waals surface area (Å²) < 4.78 is 23.0. The molecular weight excluding hydrogens is 452 g/mol. The first-order valence-corrected chi connectivity index (χ1v) is 11.6. The second kappa shape index (κ2) is 9.44. The molecule has 0 aliphatic rings. The fourth-order valence-electron chi connectivity index (χ4n) is 4.95. The number of hydrogen-bond acceptors (Lipinski definition) is 5. The monoisotopic (exact) mass is 480 g/mol. The second-order valence-corrected chi connectivity index (χ2v) is 8.54. The molecule has 36 heavy (non-hydrogen) atoms. The number of ether oxygens (including phenoxy) is 4.